The molecule has 1 saturated heterocycles. The summed E-state index contributed by atoms with van der Waals surface area (Å²) in [6, 6.07) is 6.91. The van der Waals surface area contributed by atoms with Crippen LogP contribution >= 0.6 is 7.75 Å². The molecule has 6 atom stereocenters. The molecule has 0 saturated carbocycles. The molecular weight excluding hydrogens is 512 g/mol. The average molecular weight is 541 g/mol. The molecule has 0 amide bonds. The summed E-state index contributed by atoms with van der Waals surface area (Å²) in [5.41, 5.74) is -2.14. The molecular formula is C23H29FN3O9P. The number of hydrogen-bond acceptors (Lipinski definition) is 9. The fraction of sp³-hybridized carbons (Fsp3) is 0.435. The molecule has 1 aliphatic heterocycles. The summed E-state index contributed by atoms with van der Waals surface area (Å²) >= 11 is 0. The van der Waals surface area contributed by atoms with E-state index >= 15 is 0 Å². The number of carbonyl (C=O) groups is 1. The summed E-state index contributed by atoms with van der Waals surface area (Å²) in [5, 5.41) is 13.2. The predicted octanol–water partition coefficient (Wildman–Crippen LogP) is 2.01. The standard InChI is InChI=1S/C23H29FN3O9P/c1-5-18(20-17(28)11-19(34-20)27-12-16(24)21(29)25-23(27)31)36-37(32,35-15-9-7-6-8-10-15)26-14(4)22(30)33-13(2)3/h5-10,12-14,17-20,28H,1,11H2,2-4H3,(H,26,32)(H,25,29,31)/t14-,17-,18+,19+,20-,37+/m0/s1. The lowest BCUT2D eigenvalue weighted by Gasteiger charge is -2.29. The second kappa shape index (κ2) is 12.0. The molecule has 0 spiro atoms. The van der Waals surface area contributed by atoms with Crippen LogP contribution in [0.25, 0.3) is 0 Å². The van der Waals surface area contributed by atoms with Gasteiger partial charge in [0.25, 0.3) is 5.56 Å². The minimum Gasteiger partial charge on any atom is -0.462 e. The molecule has 0 aliphatic carbocycles. The summed E-state index contributed by atoms with van der Waals surface area (Å²) in [6.07, 6.45) is -3.69. The maximum atomic E-state index is 13.8. The van der Waals surface area contributed by atoms with Crippen molar-refractivity contribution in [2.45, 2.75) is 63.9 Å². The van der Waals surface area contributed by atoms with Crippen LogP contribution in [0.5, 0.6) is 5.75 Å². The van der Waals surface area contributed by atoms with E-state index in [0.717, 1.165) is 4.57 Å². The number of carbonyl (C=O) groups excluding carboxylic acids is 1. The van der Waals surface area contributed by atoms with Crippen molar-refractivity contribution in [2.75, 3.05) is 0 Å². The van der Waals surface area contributed by atoms with Crippen molar-refractivity contribution in [2.24, 2.45) is 0 Å². The van der Waals surface area contributed by atoms with E-state index < -0.39 is 67.5 Å². The molecule has 202 valence electrons. The van der Waals surface area contributed by atoms with Crippen molar-refractivity contribution >= 4 is 13.7 Å². The van der Waals surface area contributed by atoms with Crippen LogP contribution in [0.3, 0.4) is 0 Å². The lowest BCUT2D eigenvalue weighted by Crippen LogP contribution is -2.40. The molecule has 37 heavy (non-hydrogen) atoms. The van der Waals surface area contributed by atoms with Gasteiger partial charge >= 0.3 is 19.4 Å². The monoisotopic (exact) mass is 541 g/mol. The van der Waals surface area contributed by atoms with E-state index in [4.69, 9.17) is 18.5 Å². The predicted molar refractivity (Wildman–Crippen MR) is 129 cm³/mol. The van der Waals surface area contributed by atoms with Gasteiger partial charge in [0.2, 0.25) is 5.82 Å². The molecule has 3 N–H and O–H groups in total. The van der Waals surface area contributed by atoms with Gasteiger partial charge in [-0.15, -0.1) is 6.58 Å². The van der Waals surface area contributed by atoms with Crippen LogP contribution in [0.15, 0.2) is 58.8 Å². The number of H-pyrrole nitrogens is 1. The van der Waals surface area contributed by atoms with Crippen molar-refractivity contribution in [1.82, 2.24) is 14.6 Å². The Labute approximate surface area is 211 Å². The maximum Gasteiger partial charge on any atom is 0.460 e. The first-order chi connectivity index (χ1) is 17.4. The topological polar surface area (TPSA) is 158 Å². The number of aromatic nitrogens is 2. The minimum atomic E-state index is -4.35. The first kappa shape index (κ1) is 28.5. The number of rotatable bonds is 11. The molecule has 0 bridgehead atoms. The van der Waals surface area contributed by atoms with Gasteiger partial charge in [0.05, 0.1) is 18.4 Å². The molecule has 2 heterocycles. The third kappa shape index (κ3) is 7.24. The van der Waals surface area contributed by atoms with Crippen LogP contribution in [0.4, 0.5) is 4.39 Å². The van der Waals surface area contributed by atoms with E-state index in [0.29, 0.717) is 6.20 Å². The zero-order chi connectivity index (χ0) is 27.3. The fourth-order valence-corrected chi connectivity index (χ4v) is 5.20. The van der Waals surface area contributed by atoms with E-state index in [-0.39, 0.29) is 12.2 Å². The minimum absolute atomic E-state index is 0.159. The Morgan fingerprint density at radius 2 is 2.00 bits per heavy atom. The van der Waals surface area contributed by atoms with Crippen LogP contribution in [0.2, 0.25) is 0 Å². The van der Waals surface area contributed by atoms with Gasteiger partial charge < -0.3 is 19.1 Å². The second-order valence-electron chi connectivity index (χ2n) is 8.55. The Bertz CT molecular complexity index is 1270. The molecule has 3 rings (SSSR count). The molecule has 1 fully saturated rings. The van der Waals surface area contributed by atoms with Crippen molar-refractivity contribution in [3.05, 3.63) is 75.8 Å². The summed E-state index contributed by atoms with van der Waals surface area (Å²) in [7, 11) is -4.35. The Balaban J connectivity index is 1.85. The highest BCUT2D eigenvalue weighted by atomic mass is 31.2. The largest absolute Gasteiger partial charge is 0.462 e. The van der Waals surface area contributed by atoms with Gasteiger partial charge in [-0.05, 0) is 32.9 Å². The van der Waals surface area contributed by atoms with Crippen LogP contribution in [-0.4, -0.2) is 51.1 Å². The fourth-order valence-electron chi connectivity index (χ4n) is 3.54. The zero-order valence-corrected chi connectivity index (χ0v) is 21.3. The number of nitrogens with one attached hydrogen (secondary N) is 2. The van der Waals surface area contributed by atoms with Gasteiger partial charge in [0, 0.05) is 6.42 Å². The average Bonchev–Trinajstić information content (AvgIpc) is 3.21. The van der Waals surface area contributed by atoms with E-state index in [1.807, 2.05) is 4.98 Å². The van der Waals surface area contributed by atoms with Crippen LogP contribution in [0, 0.1) is 5.82 Å². The summed E-state index contributed by atoms with van der Waals surface area (Å²) in [6.45, 7) is 8.36. The molecule has 1 aromatic carbocycles. The lowest BCUT2D eigenvalue weighted by molar-refractivity contribution is -0.149. The van der Waals surface area contributed by atoms with Crippen molar-refractivity contribution in [1.29, 1.82) is 0 Å². The Hall–Kier alpha value is -3.09. The number of nitrogens with zero attached hydrogens (tertiary/aromatic N) is 1. The van der Waals surface area contributed by atoms with Crippen LogP contribution in [-0.2, 0) is 23.4 Å². The molecule has 12 nitrogen and oxygen atoms in total. The second-order valence-corrected chi connectivity index (χ2v) is 10.2. The molecule has 1 aliphatic rings. The molecule has 0 radical (unpaired) electrons. The lowest BCUT2D eigenvalue weighted by atomic mass is 10.1. The Morgan fingerprint density at radius 1 is 1.32 bits per heavy atom. The van der Waals surface area contributed by atoms with Crippen molar-refractivity contribution in [3.8, 4) is 5.75 Å². The normalized spacial score (nSPS) is 22.7. The highest BCUT2D eigenvalue weighted by molar-refractivity contribution is 7.52. The third-order valence-corrected chi connectivity index (χ3v) is 6.89. The molecule has 14 heteroatoms. The summed E-state index contributed by atoms with van der Waals surface area (Å²) in [4.78, 5) is 37.6. The highest BCUT2D eigenvalue weighted by Crippen LogP contribution is 2.48. The third-order valence-electron chi connectivity index (χ3n) is 5.21. The number of aromatic amines is 1. The Morgan fingerprint density at radius 3 is 2.62 bits per heavy atom. The number of para-hydroxylation sites is 1. The van der Waals surface area contributed by atoms with Gasteiger partial charge in [-0.2, -0.15) is 9.48 Å². The highest BCUT2D eigenvalue weighted by Gasteiger charge is 2.44. The van der Waals surface area contributed by atoms with E-state index in [1.165, 1.54) is 25.1 Å². The van der Waals surface area contributed by atoms with Gasteiger partial charge in [-0.25, -0.2) is 9.36 Å². The maximum absolute atomic E-state index is 13.8. The molecule has 0 unspecified atom stereocenters. The summed E-state index contributed by atoms with van der Waals surface area (Å²) < 4.78 is 50.5. The zero-order valence-electron chi connectivity index (χ0n) is 20.4. The van der Waals surface area contributed by atoms with Gasteiger partial charge in [0.1, 0.15) is 30.2 Å². The van der Waals surface area contributed by atoms with Crippen LogP contribution in [0.1, 0.15) is 33.4 Å². The van der Waals surface area contributed by atoms with Crippen molar-refractivity contribution < 1.29 is 37.4 Å². The number of hydrogen-bond donors (Lipinski definition) is 3. The quantitative estimate of drug-likeness (QED) is 0.218. The summed E-state index contributed by atoms with van der Waals surface area (Å²) in [5.74, 6) is -1.76. The van der Waals surface area contributed by atoms with Gasteiger partial charge in [-0.3, -0.25) is 23.7 Å². The van der Waals surface area contributed by atoms with Gasteiger partial charge in [-0.1, -0.05) is 24.3 Å². The first-order valence-electron chi connectivity index (χ1n) is 11.4. The number of halogens is 1. The SMILES string of the molecule is C=C[C@@H](O[P@@](=O)(N[C@@H](C)C(=O)OC(C)C)Oc1ccccc1)[C@H]1O[C@@H](n2cc(F)c(=O)[nH]c2=O)C[C@@H]1O. The number of aliphatic hydroxyl groups is 1. The van der Waals surface area contributed by atoms with E-state index in [2.05, 4.69) is 11.7 Å². The Kier molecular flexibility index (Phi) is 9.21. The van der Waals surface area contributed by atoms with Gasteiger partial charge in [0.15, 0.2) is 0 Å². The van der Waals surface area contributed by atoms with Crippen molar-refractivity contribution in [3.63, 3.8) is 0 Å². The number of aliphatic hydroxyl groups excluding tert-OH is 1. The number of esters is 1. The molecule has 2 aromatic rings. The smallest absolute Gasteiger partial charge is 0.460 e. The molecule has 1 aromatic heterocycles. The van der Waals surface area contributed by atoms with Crippen LogP contribution < -0.4 is 20.9 Å². The van der Waals surface area contributed by atoms with E-state index in [1.54, 1.807) is 32.0 Å². The number of ether oxygens (including phenoxy) is 2. The number of benzene rings is 1. The first-order valence-corrected chi connectivity index (χ1v) is 12.9. The van der Waals surface area contributed by atoms with E-state index in [9.17, 15) is 28.4 Å².